The van der Waals surface area contributed by atoms with Crippen molar-refractivity contribution < 1.29 is 13.2 Å². The van der Waals surface area contributed by atoms with Crippen molar-refractivity contribution in [2.24, 2.45) is 29.6 Å². The summed E-state index contributed by atoms with van der Waals surface area (Å²) in [4.78, 5) is 0. The Kier molecular flexibility index (Phi) is 9.22. The molecule has 0 N–H and O–H groups in total. The van der Waals surface area contributed by atoms with Crippen LogP contribution in [0.4, 0.5) is 13.2 Å². The van der Waals surface area contributed by atoms with Gasteiger partial charge in [0.05, 0.1) is 5.56 Å². The van der Waals surface area contributed by atoms with Gasteiger partial charge in [-0.2, -0.15) is 0 Å². The zero-order valence-electron chi connectivity index (χ0n) is 21.4. The van der Waals surface area contributed by atoms with Gasteiger partial charge in [-0.15, -0.1) is 0 Å². The summed E-state index contributed by atoms with van der Waals surface area (Å²) >= 11 is 0. The summed E-state index contributed by atoms with van der Waals surface area (Å²) in [5, 5.41) is 0. The molecule has 0 radical (unpaired) electrons. The van der Waals surface area contributed by atoms with Crippen LogP contribution in [0.3, 0.4) is 0 Å². The Bertz CT molecular complexity index is 789. The number of allylic oxidation sites excluding steroid dienone is 1. The van der Waals surface area contributed by atoms with Crippen molar-refractivity contribution in [2.75, 3.05) is 0 Å². The molecule has 0 amide bonds. The fourth-order valence-corrected chi connectivity index (χ4v) is 7.28. The van der Waals surface area contributed by atoms with Gasteiger partial charge >= 0.3 is 0 Å². The predicted octanol–water partition coefficient (Wildman–Crippen LogP) is 10.5. The lowest BCUT2D eigenvalue weighted by molar-refractivity contribution is 0.145. The second kappa shape index (κ2) is 12.1. The number of halogens is 3. The molecule has 0 aliphatic heterocycles. The first-order valence-electron chi connectivity index (χ1n) is 14.2. The van der Waals surface area contributed by atoms with Gasteiger partial charge in [-0.3, -0.25) is 0 Å². The Morgan fingerprint density at radius 2 is 1.47 bits per heavy atom. The molecule has 1 aromatic carbocycles. The lowest BCUT2D eigenvalue weighted by Gasteiger charge is -2.37. The predicted molar refractivity (Wildman–Crippen MR) is 137 cm³/mol. The fraction of sp³-hybridized carbons (Fsp3) is 0.742. The molecular weight excluding hydrogens is 429 g/mol. The van der Waals surface area contributed by atoms with Crippen molar-refractivity contribution >= 4 is 6.08 Å². The quantitative estimate of drug-likeness (QED) is 0.369. The van der Waals surface area contributed by atoms with Crippen molar-refractivity contribution in [3.8, 4) is 0 Å². The first kappa shape index (κ1) is 25.8. The molecule has 3 aliphatic rings. The molecule has 34 heavy (non-hydrogen) atoms. The van der Waals surface area contributed by atoms with Gasteiger partial charge in [0.1, 0.15) is 5.82 Å². The van der Waals surface area contributed by atoms with E-state index in [1.165, 1.54) is 51.4 Å². The Morgan fingerprint density at radius 1 is 0.853 bits per heavy atom. The van der Waals surface area contributed by atoms with Gasteiger partial charge in [-0.1, -0.05) is 76.7 Å². The fourth-order valence-electron chi connectivity index (χ4n) is 7.28. The van der Waals surface area contributed by atoms with E-state index in [4.69, 9.17) is 0 Å². The van der Waals surface area contributed by atoms with Crippen LogP contribution < -0.4 is 0 Å². The lowest BCUT2D eigenvalue weighted by atomic mass is 9.68. The van der Waals surface area contributed by atoms with Gasteiger partial charge in [-0.25, -0.2) is 13.2 Å². The summed E-state index contributed by atoms with van der Waals surface area (Å²) in [7, 11) is 0. The van der Waals surface area contributed by atoms with E-state index in [0.717, 1.165) is 56.3 Å². The highest BCUT2D eigenvalue weighted by atomic mass is 19.3. The normalized spacial score (nSPS) is 33.0. The summed E-state index contributed by atoms with van der Waals surface area (Å²) in [6.45, 7) is 4.52. The third-order valence-corrected chi connectivity index (χ3v) is 9.54. The second-order valence-corrected chi connectivity index (χ2v) is 11.8. The van der Waals surface area contributed by atoms with E-state index >= 15 is 4.39 Å². The first-order chi connectivity index (χ1) is 16.5. The average Bonchev–Trinajstić information content (AvgIpc) is 2.84. The molecule has 190 valence electrons. The van der Waals surface area contributed by atoms with E-state index < -0.39 is 12.2 Å². The molecule has 3 fully saturated rings. The molecule has 3 heteroatoms. The first-order valence-corrected chi connectivity index (χ1v) is 14.2. The van der Waals surface area contributed by atoms with Gasteiger partial charge in [0, 0.05) is 0 Å². The molecule has 0 bridgehead atoms. The molecular formula is C31H45F3. The van der Waals surface area contributed by atoms with Gasteiger partial charge in [-0.05, 0) is 98.0 Å². The number of benzene rings is 1. The summed E-state index contributed by atoms with van der Waals surface area (Å²) in [6, 6.07) is 3.53. The number of hydrogen-bond donors (Lipinski definition) is 0. The van der Waals surface area contributed by atoms with Crippen molar-refractivity contribution in [3.63, 3.8) is 0 Å². The lowest BCUT2D eigenvalue weighted by Crippen LogP contribution is -2.25. The Balaban J connectivity index is 1.35. The van der Waals surface area contributed by atoms with E-state index in [-0.39, 0.29) is 11.5 Å². The minimum atomic E-state index is -2.78. The summed E-state index contributed by atoms with van der Waals surface area (Å²) < 4.78 is 43.1. The van der Waals surface area contributed by atoms with Gasteiger partial charge in [0.25, 0.3) is 6.43 Å². The number of rotatable bonds is 7. The van der Waals surface area contributed by atoms with Crippen LogP contribution in [0.2, 0.25) is 0 Å². The highest BCUT2D eigenvalue weighted by Gasteiger charge is 2.31. The van der Waals surface area contributed by atoms with Crippen molar-refractivity contribution in [1.82, 2.24) is 0 Å². The van der Waals surface area contributed by atoms with Gasteiger partial charge in [0.15, 0.2) is 0 Å². The van der Waals surface area contributed by atoms with E-state index in [0.29, 0.717) is 23.0 Å². The van der Waals surface area contributed by atoms with Crippen LogP contribution in [0.5, 0.6) is 0 Å². The van der Waals surface area contributed by atoms with E-state index in [1.807, 2.05) is 0 Å². The van der Waals surface area contributed by atoms with E-state index in [9.17, 15) is 8.78 Å². The van der Waals surface area contributed by atoms with Crippen molar-refractivity contribution in [2.45, 2.75) is 116 Å². The van der Waals surface area contributed by atoms with Crippen LogP contribution in [0.15, 0.2) is 18.2 Å². The Hall–Kier alpha value is -1.25. The molecule has 1 aromatic rings. The topological polar surface area (TPSA) is 0 Å². The van der Waals surface area contributed by atoms with Crippen LogP contribution in [0.1, 0.15) is 133 Å². The second-order valence-electron chi connectivity index (χ2n) is 11.8. The third kappa shape index (κ3) is 6.30. The average molecular weight is 475 g/mol. The molecule has 3 aliphatic carbocycles. The Labute approximate surface area is 205 Å². The van der Waals surface area contributed by atoms with Gasteiger partial charge in [0.2, 0.25) is 0 Å². The molecule has 0 heterocycles. The SMILES string of the molecule is CCCC1CCC(C2CCC(/C=C/c3ccc(C4CCC(C)CC4)c(F)c3C(F)F)CC2)CC1. The maximum Gasteiger partial charge on any atom is 0.267 e. The molecule has 0 saturated heterocycles. The summed E-state index contributed by atoms with van der Waals surface area (Å²) in [5.74, 6) is 3.21. The third-order valence-electron chi connectivity index (χ3n) is 9.54. The maximum atomic E-state index is 15.3. The molecule has 0 aromatic heterocycles. The molecule has 0 spiro atoms. The largest absolute Gasteiger partial charge is 0.267 e. The van der Waals surface area contributed by atoms with Gasteiger partial charge < -0.3 is 0 Å². The standard InChI is InChI=1S/C31H45F3/c1-3-4-22-7-14-24(15-8-22)25-16-9-23(10-17-25)11-18-27-19-20-28(30(32)29(27)31(33)34)26-12-5-21(2)6-13-26/h11,18-26,31H,3-10,12-17H2,1-2H3/b18-11+. The van der Waals surface area contributed by atoms with Crippen molar-refractivity contribution in [1.29, 1.82) is 0 Å². The number of hydrogen-bond acceptors (Lipinski definition) is 0. The molecule has 0 atom stereocenters. The maximum absolute atomic E-state index is 15.3. The molecule has 4 rings (SSSR count). The number of alkyl halides is 2. The monoisotopic (exact) mass is 474 g/mol. The van der Waals surface area contributed by atoms with Crippen molar-refractivity contribution in [3.05, 3.63) is 40.7 Å². The van der Waals surface area contributed by atoms with Crippen LogP contribution in [-0.4, -0.2) is 0 Å². The highest BCUT2D eigenvalue weighted by Crippen LogP contribution is 2.43. The minimum absolute atomic E-state index is 0.0825. The molecule has 0 nitrogen and oxygen atoms in total. The van der Waals surface area contributed by atoms with E-state index in [2.05, 4.69) is 19.9 Å². The minimum Gasteiger partial charge on any atom is -0.206 e. The highest BCUT2D eigenvalue weighted by molar-refractivity contribution is 5.56. The zero-order valence-corrected chi connectivity index (χ0v) is 21.4. The summed E-state index contributed by atoms with van der Waals surface area (Å²) in [6.07, 6.45) is 18.2. The van der Waals surface area contributed by atoms with Crippen LogP contribution in [0.25, 0.3) is 6.08 Å². The molecule has 3 saturated carbocycles. The van der Waals surface area contributed by atoms with Crippen LogP contribution in [0, 0.1) is 35.4 Å². The van der Waals surface area contributed by atoms with Crippen LogP contribution >= 0.6 is 0 Å². The zero-order chi connectivity index (χ0) is 24.1. The molecule has 0 unspecified atom stereocenters. The Morgan fingerprint density at radius 3 is 2.06 bits per heavy atom. The van der Waals surface area contributed by atoms with Crippen LogP contribution in [-0.2, 0) is 0 Å². The smallest absolute Gasteiger partial charge is 0.206 e. The van der Waals surface area contributed by atoms with E-state index in [1.54, 1.807) is 18.2 Å². The summed E-state index contributed by atoms with van der Waals surface area (Å²) in [5.41, 5.74) is 0.496.